The molecule has 1 aromatic carbocycles. The Balaban J connectivity index is 1.79. The van der Waals surface area contributed by atoms with Crippen LogP contribution in [0, 0.1) is 5.21 Å². The molecule has 2 fully saturated rings. The van der Waals surface area contributed by atoms with E-state index in [2.05, 4.69) is 5.32 Å². The van der Waals surface area contributed by atoms with Crippen LogP contribution in [0.25, 0.3) is 0 Å². The average molecular weight is 307 g/mol. The van der Waals surface area contributed by atoms with E-state index in [0.717, 1.165) is 6.42 Å². The molecule has 0 saturated carbocycles. The summed E-state index contributed by atoms with van der Waals surface area (Å²) in [5.74, 6) is -0.610. The lowest BCUT2D eigenvalue weighted by Crippen LogP contribution is -2.99. The van der Waals surface area contributed by atoms with E-state index in [-0.39, 0.29) is 35.7 Å². The van der Waals surface area contributed by atoms with Gasteiger partial charge in [-0.1, -0.05) is 6.07 Å². The number of nitrogens with one attached hydrogen (secondary N) is 2. The second kappa shape index (κ2) is 5.56. The van der Waals surface area contributed by atoms with Crippen LogP contribution in [0.3, 0.4) is 0 Å². The highest BCUT2D eigenvalue weighted by Gasteiger charge is 2.42. The van der Waals surface area contributed by atoms with Gasteiger partial charge in [0.1, 0.15) is 12.1 Å². The number of nitrogens with zero attached hydrogens (tertiary/aromatic N) is 1. The zero-order valence-corrected chi connectivity index (χ0v) is 11.8. The summed E-state index contributed by atoms with van der Waals surface area (Å²) in [7, 11) is 0. The van der Waals surface area contributed by atoms with Gasteiger partial charge in [0, 0.05) is 19.0 Å². The van der Waals surface area contributed by atoms with Gasteiger partial charge in [0.05, 0.1) is 0 Å². The van der Waals surface area contributed by atoms with Crippen LogP contribution >= 0.6 is 0 Å². The Labute approximate surface area is 126 Å². The minimum atomic E-state index is -1.24. The number of phenolic OH excluding ortho intramolecular Hbond substituents is 1. The first-order valence-electron chi connectivity index (χ1n) is 7.13. The molecule has 0 spiro atoms. The quantitative estimate of drug-likeness (QED) is 0.414. The van der Waals surface area contributed by atoms with E-state index in [9.17, 15) is 19.9 Å². The summed E-state index contributed by atoms with van der Waals surface area (Å²) in [5.41, 5.74) is 0.359. The van der Waals surface area contributed by atoms with Gasteiger partial charge in [0.25, 0.3) is 0 Å². The lowest BCUT2D eigenvalue weighted by molar-refractivity contribution is -0.991. The zero-order valence-electron chi connectivity index (χ0n) is 11.8. The van der Waals surface area contributed by atoms with E-state index in [0.29, 0.717) is 18.5 Å². The Kier molecular flexibility index (Phi) is 3.73. The van der Waals surface area contributed by atoms with Crippen LogP contribution in [-0.2, 0) is 16.0 Å². The molecule has 3 unspecified atom stereocenters. The number of hydrogen-bond acceptors (Lipinski definition) is 5. The van der Waals surface area contributed by atoms with Gasteiger partial charge in [0.2, 0.25) is 17.5 Å². The van der Waals surface area contributed by atoms with Crippen molar-refractivity contribution in [2.75, 3.05) is 6.54 Å². The zero-order chi connectivity index (χ0) is 15.9. The summed E-state index contributed by atoms with van der Waals surface area (Å²) in [5, 5.41) is 31.0. The Morgan fingerprint density at radius 3 is 2.91 bits per heavy atom. The largest absolute Gasteiger partial charge is 0.595 e. The van der Waals surface area contributed by atoms with Gasteiger partial charge in [0.15, 0.2) is 5.75 Å². The summed E-state index contributed by atoms with van der Waals surface area (Å²) < 4.78 is 0. The maximum Gasteiger partial charge on any atom is 0.246 e. The van der Waals surface area contributed by atoms with Crippen molar-refractivity contribution < 1.29 is 25.1 Å². The third-order valence-corrected chi connectivity index (χ3v) is 4.18. The lowest BCUT2D eigenvalue weighted by atomic mass is 10.0. The van der Waals surface area contributed by atoms with Crippen molar-refractivity contribution in [3.63, 3.8) is 0 Å². The third kappa shape index (κ3) is 2.52. The molecular weight excluding hydrogens is 290 g/mol. The summed E-state index contributed by atoms with van der Waals surface area (Å²) in [6.45, 7) is 0.587. The molecule has 0 bridgehead atoms. The standard InChI is InChI=1S/C14H17N3O5/c18-12-4-3-8(7-11(12)17(21)22)6-9-14(20)16-5-1-2-10(16)13(19)15-9/h3-4,7,9-10,17-18,21H,1-2,5-6H2,(H,15,19). The molecule has 4 N–H and O–H groups in total. The molecule has 3 rings (SSSR count). The first-order chi connectivity index (χ1) is 10.5. The van der Waals surface area contributed by atoms with Gasteiger partial charge in [-0.05, 0) is 24.5 Å². The average Bonchev–Trinajstić information content (AvgIpc) is 2.96. The number of fused-ring (bicyclic) bond motifs is 1. The number of carbonyl (C=O) groups excluding carboxylic acids is 2. The number of benzene rings is 1. The molecule has 0 radical (unpaired) electrons. The highest BCUT2D eigenvalue weighted by atomic mass is 16.8. The van der Waals surface area contributed by atoms with Crippen molar-refractivity contribution in [1.29, 1.82) is 0 Å². The van der Waals surface area contributed by atoms with Crippen LogP contribution in [0.15, 0.2) is 18.2 Å². The van der Waals surface area contributed by atoms with E-state index in [1.54, 1.807) is 11.0 Å². The monoisotopic (exact) mass is 307 g/mol. The van der Waals surface area contributed by atoms with E-state index >= 15 is 0 Å². The van der Waals surface area contributed by atoms with Crippen molar-refractivity contribution in [3.05, 3.63) is 29.0 Å². The number of phenols is 1. The molecule has 3 atom stereocenters. The number of aromatic hydroxyl groups is 1. The molecule has 2 aliphatic rings. The SMILES string of the molecule is O=C1NC(Cc2ccc(O)c([NH+]([O-])O)c2)C(=O)N2CCCC12. The summed E-state index contributed by atoms with van der Waals surface area (Å²) in [4.78, 5) is 26.0. The highest BCUT2D eigenvalue weighted by molar-refractivity contribution is 5.97. The Hall–Kier alpha value is -2.16. The maximum absolute atomic E-state index is 12.4. The first-order valence-corrected chi connectivity index (χ1v) is 7.13. The van der Waals surface area contributed by atoms with Crippen LogP contribution in [0.4, 0.5) is 5.69 Å². The number of hydrogen-bond donors (Lipinski definition) is 4. The van der Waals surface area contributed by atoms with E-state index < -0.39 is 11.3 Å². The molecule has 2 saturated heterocycles. The molecule has 2 heterocycles. The van der Waals surface area contributed by atoms with Crippen molar-refractivity contribution in [3.8, 4) is 5.75 Å². The van der Waals surface area contributed by atoms with Gasteiger partial charge in [-0.15, -0.1) is 0 Å². The van der Waals surface area contributed by atoms with Gasteiger partial charge in [-0.2, -0.15) is 5.23 Å². The fourth-order valence-electron chi connectivity index (χ4n) is 3.09. The molecule has 118 valence electrons. The number of piperazine rings is 1. The van der Waals surface area contributed by atoms with Crippen LogP contribution in [0.1, 0.15) is 18.4 Å². The normalized spacial score (nSPS) is 25.8. The van der Waals surface area contributed by atoms with Crippen molar-refractivity contribution in [1.82, 2.24) is 10.2 Å². The molecule has 1 aromatic rings. The summed E-state index contributed by atoms with van der Waals surface area (Å²) in [6.07, 6.45) is 1.71. The fraction of sp³-hybridized carbons (Fsp3) is 0.429. The van der Waals surface area contributed by atoms with Crippen LogP contribution in [0.2, 0.25) is 0 Å². The third-order valence-electron chi connectivity index (χ3n) is 4.18. The number of carbonyl (C=O) groups is 2. The van der Waals surface area contributed by atoms with E-state index in [1.807, 2.05) is 0 Å². The fourth-order valence-corrected chi connectivity index (χ4v) is 3.09. The van der Waals surface area contributed by atoms with Crippen molar-refractivity contribution in [2.45, 2.75) is 31.3 Å². The Bertz CT molecular complexity index is 618. The highest BCUT2D eigenvalue weighted by Crippen LogP contribution is 2.25. The molecule has 0 aromatic heterocycles. The van der Waals surface area contributed by atoms with Crippen molar-refractivity contribution >= 4 is 17.5 Å². The number of rotatable bonds is 3. The van der Waals surface area contributed by atoms with Gasteiger partial charge >= 0.3 is 0 Å². The van der Waals surface area contributed by atoms with E-state index in [1.165, 1.54) is 12.1 Å². The van der Waals surface area contributed by atoms with Gasteiger partial charge < -0.3 is 20.5 Å². The van der Waals surface area contributed by atoms with Crippen LogP contribution in [0.5, 0.6) is 5.75 Å². The smallest absolute Gasteiger partial charge is 0.246 e. The topological polar surface area (TPSA) is 117 Å². The molecule has 2 aliphatic heterocycles. The second-order valence-electron chi connectivity index (χ2n) is 5.61. The lowest BCUT2D eigenvalue weighted by Gasteiger charge is -2.34. The van der Waals surface area contributed by atoms with Gasteiger partial charge in [-0.25, -0.2) is 5.21 Å². The molecule has 0 aliphatic carbocycles. The molecule has 8 nitrogen and oxygen atoms in total. The number of quaternary nitrogens is 1. The Morgan fingerprint density at radius 2 is 2.18 bits per heavy atom. The van der Waals surface area contributed by atoms with Crippen LogP contribution < -0.4 is 10.5 Å². The second-order valence-corrected chi connectivity index (χ2v) is 5.61. The predicted molar refractivity (Wildman–Crippen MR) is 74.3 cm³/mol. The minimum absolute atomic E-state index is 0.132. The molecular formula is C14H17N3O5. The molecule has 8 heteroatoms. The van der Waals surface area contributed by atoms with Crippen molar-refractivity contribution in [2.24, 2.45) is 0 Å². The summed E-state index contributed by atoms with van der Waals surface area (Å²) >= 11 is 0. The minimum Gasteiger partial charge on any atom is -0.595 e. The summed E-state index contributed by atoms with van der Waals surface area (Å²) in [6, 6.07) is 3.11. The van der Waals surface area contributed by atoms with Crippen LogP contribution in [-0.4, -0.2) is 45.7 Å². The first kappa shape index (κ1) is 14.8. The van der Waals surface area contributed by atoms with Gasteiger partial charge in [-0.3, -0.25) is 9.59 Å². The predicted octanol–water partition coefficient (Wildman–Crippen LogP) is -1.17. The van der Waals surface area contributed by atoms with E-state index in [4.69, 9.17) is 5.21 Å². The Morgan fingerprint density at radius 1 is 1.41 bits per heavy atom. The maximum atomic E-state index is 12.4. The molecule has 2 amide bonds. The molecule has 22 heavy (non-hydrogen) atoms. The number of amides is 2.